The van der Waals surface area contributed by atoms with Crippen LogP contribution in [0.1, 0.15) is 18.9 Å². The normalized spacial score (nSPS) is 24.8. The van der Waals surface area contributed by atoms with Crippen LogP contribution in [-0.2, 0) is 15.8 Å². The molecule has 1 heterocycles. The second kappa shape index (κ2) is 5.56. The zero-order valence-electron chi connectivity index (χ0n) is 10.8. The molecule has 19 heavy (non-hydrogen) atoms. The fraction of sp³-hybridized carbons (Fsp3) is 0.538. The van der Waals surface area contributed by atoms with E-state index in [0.29, 0.717) is 12.1 Å². The molecule has 0 saturated carbocycles. The van der Waals surface area contributed by atoms with E-state index in [1.54, 1.807) is 0 Å². The maximum absolute atomic E-state index is 12.8. The Morgan fingerprint density at radius 2 is 2.00 bits per heavy atom. The van der Waals surface area contributed by atoms with Crippen LogP contribution in [0.4, 0.5) is 4.39 Å². The third-order valence-electron chi connectivity index (χ3n) is 3.64. The van der Waals surface area contributed by atoms with Gasteiger partial charge in [0.15, 0.2) is 0 Å². The van der Waals surface area contributed by atoms with Gasteiger partial charge in [-0.25, -0.2) is 12.8 Å². The molecule has 1 aromatic carbocycles. The molecular formula is C13H18FNO3S. The molecule has 2 atom stereocenters. The number of aliphatic hydroxyl groups is 1. The van der Waals surface area contributed by atoms with E-state index in [-0.39, 0.29) is 30.1 Å². The molecule has 4 nitrogen and oxygen atoms in total. The Labute approximate surface area is 112 Å². The van der Waals surface area contributed by atoms with Gasteiger partial charge in [0.1, 0.15) is 5.82 Å². The highest BCUT2D eigenvalue weighted by molar-refractivity contribution is 7.88. The molecule has 2 unspecified atom stereocenters. The van der Waals surface area contributed by atoms with Crippen molar-refractivity contribution in [2.24, 2.45) is 5.92 Å². The standard InChI is InChI=1S/C13H18FNO3S/c1-10-6-7-15(13(10)8-16)19(17,18)9-11-2-4-12(14)5-3-11/h2-5,10,13,16H,6-9H2,1H3. The maximum Gasteiger partial charge on any atom is 0.218 e. The van der Waals surface area contributed by atoms with Gasteiger partial charge in [-0.15, -0.1) is 0 Å². The van der Waals surface area contributed by atoms with Gasteiger partial charge in [0.25, 0.3) is 0 Å². The van der Waals surface area contributed by atoms with Crippen LogP contribution in [0, 0.1) is 11.7 Å². The maximum atomic E-state index is 12.8. The van der Waals surface area contributed by atoms with Crippen LogP contribution < -0.4 is 0 Å². The van der Waals surface area contributed by atoms with Gasteiger partial charge in [-0.3, -0.25) is 0 Å². The van der Waals surface area contributed by atoms with Crippen molar-refractivity contribution in [2.45, 2.75) is 25.1 Å². The molecule has 2 rings (SSSR count). The van der Waals surface area contributed by atoms with E-state index in [4.69, 9.17) is 0 Å². The Kier molecular flexibility index (Phi) is 4.23. The summed E-state index contributed by atoms with van der Waals surface area (Å²) < 4.78 is 38.8. The van der Waals surface area contributed by atoms with Gasteiger partial charge < -0.3 is 5.11 Å². The van der Waals surface area contributed by atoms with Crippen molar-refractivity contribution in [2.75, 3.05) is 13.2 Å². The van der Waals surface area contributed by atoms with Crippen molar-refractivity contribution >= 4 is 10.0 Å². The largest absolute Gasteiger partial charge is 0.395 e. The molecule has 0 radical (unpaired) electrons. The Balaban J connectivity index is 2.16. The van der Waals surface area contributed by atoms with E-state index in [9.17, 15) is 17.9 Å². The molecule has 0 aliphatic carbocycles. The van der Waals surface area contributed by atoms with Crippen LogP contribution in [0.3, 0.4) is 0 Å². The molecule has 0 amide bonds. The molecule has 1 aliphatic heterocycles. The minimum atomic E-state index is -3.47. The van der Waals surface area contributed by atoms with Crippen molar-refractivity contribution in [1.29, 1.82) is 0 Å². The number of nitrogens with zero attached hydrogens (tertiary/aromatic N) is 1. The lowest BCUT2D eigenvalue weighted by Crippen LogP contribution is -2.40. The van der Waals surface area contributed by atoms with Gasteiger partial charge in [-0.1, -0.05) is 19.1 Å². The summed E-state index contributed by atoms with van der Waals surface area (Å²) in [7, 11) is -3.47. The van der Waals surface area contributed by atoms with Gasteiger partial charge in [-0.05, 0) is 30.0 Å². The molecule has 1 N–H and O–H groups in total. The number of halogens is 1. The first-order chi connectivity index (χ1) is 8.94. The second-order valence-electron chi connectivity index (χ2n) is 5.01. The highest BCUT2D eigenvalue weighted by Crippen LogP contribution is 2.27. The lowest BCUT2D eigenvalue weighted by atomic mass is 10.0. The molecule has 1 saturated heterocycles. The van der Waals surface area contributed by atoms with Crippen LogP contribution in [-0.4, -0.2) is 37.0 Å². The molecule has 1 fully saturated rings. The summed E-state index contributed by atoms with van der Waals surface area (Å²) in [4.78, 5) is 0. The van der Waals surface area contributed by atoms with Crippen LogP contribution in [0.2, 0.25) is 0 Å². The summed E-state index contributed by atoms with van der Waals surface area (Å²) in [5.74, 6) is -0.381. The van der Waals surface area contributed by atoms with Crippen molar-refractivity contribution in [3.05, 3.63) is 35.6 Å². The third-order valence-corrected chi connectivity index (χ3v) is 5.50. The molecule has 1 aliphatic rings. The predicted molar refractivity (Wildman–Crippen MR) is 70.4 cm³/mol. The highest BCUT2D eigenvalue weighted by atomic mass is 32.2. The summed E-state index contributed by atoms with van der Waals surface area (Å²) >= 11 is 0. The van der Waals surface area contributed by atoms with E-state index < -0.39 is 10.0 Å². The zero-order chi connectivity index (χ0) is 14.0. The molecule has 6 heteroatoms. The topological polar surface area (TPSA) is 57.6 Å². The van der Waals surface area contributed by atoms with E-state index >= 15 is 0 Å². The molecule has 0 spiro atoms. The zero-order valence-corrected chi connectivity index (χ0v) is 11.6. The number of sulfonamides is 1. The van der Waals surface area contributed by atoms with Gasteiger partial charge in [-0.2, -0.15) is 4.31 Å². The summed E-state index contributed by atoms with van der Waals surface area (Å²) in [5, 5.41) is 9.32. The highest BCUT2D eigenvalue weighted by Gasteiger charge is 2.38. The van der Waals surface area contributed by atoms with Gasteiger partial charge in [0.2, 0.25) is 10.0 Å². The summed E-state index contributed by atoms with van der Waals surface area (Å²) in [5.41, 5.74) is 0.553. The Morgan fingerprint density at radius 1 is 1.37 bits per heavy atom. The molecule has 106 valence electrons. The Bertz CT molecular complexity index is 529. The van der Waals surface area contributed by atoms with Crippen LogP contribution in [0.5, 0.6) is 0 Å². The number of aliphatic hydroxyl groups excluding tert-OH is 1. The van der Waals surface area contributed by atoms with Crippen molar-refractivity contribution in [3.63, 3.8) is 0 Å². The average molecular weight is 287 g/mol. The van der Waals surface area contributed by atoms with Gasteiger partial charge in [0, 0.05) is 6.54 Å². The fourth-order valence-electron chi connectivity index (χ4n) is 2.46. The smallest absolute Gasteiger partial charge is 0.218 e. The monoisotopic (exact) mass is 287 g/mol. The van der Waals surface area contributed by atoms with Crippen molar-refractivity contribution in [3.8, 4) is 0 Å². The second-order valence-corrected chi connectivity index (χ2v) is 6.93. The van der Waals surface area contributed by atoms with Crippen LogP contribution >= 0.6 is 0 Å². The van der Waals surface area contributed by atoms with Crippen LogP contribution in [0.25, 0.3) is 0 Å². The Morgan fingerprint density at radius 3 is 2.58 bits per heavy atom. The lowest BCUT2D eigenvalue weighted by Gasteiger charge is -2.24. The van der Waals surface area contributed by atoms with Crippen LogP contribution in [0.15, 0.2) is 24.3 Å². The summed E-state index contributed by atoms with van der Waals surface area (Å²) in [6.45, 7) is 2.22. The van der Waals surface area contributed by atoms with Crippen molar-refractivity contribution < 1.29 is 17.9 Å². The van der Waals surface area contributed by atoms with E-state index in [1.165, 1.54) is 28.6 Å². The lowest BCUT2D eigenvalue weighted by molar-refractivity contribution is 0.191. The number of hydrogen-bond donors (Lipinski definition) is 1. The summed E-state index contributed by atoms with van der Waals surface area (Å²) in [6, 6.07) is 5.10. The van der Waals surface area contributed by atoms with Gasteiger partial charge >= 0.3 is 0 Å². The predicted octanol–water partition coefficient (Wildman–Crippen LogP) is 1.36. The number of hydrogen-bond acceptors (Lipinski definition) is 3. The fourth-order valence-corrected chi connectivity index (χ4v) is 4.31. The molecular weight excluding hydrogens is 269 g/mol. The van der Waals surface area contributed by atoms with E-state index in [1.807, 2.05) is 6.92 Å². The molecule has 1 aromatic rings. The summed E-state index contributed by atoms with van der Waals surface area (Å²) in [6.07, 6.45) is 0.758. The van der Waals surface area contributed by atoms with E-state index in [0.717, 1.165) is 6.42 Å². The third kappa shape index (κ3) is 3.13. The van der Waals surface area contributed by atoms with E-state index in [2.05, 4.69) is 0 Å². The first kappa shape index (κ1) is 14.4. The minimum absolute atomic E-state index is 0.156. The SMILES string of the molecule is CC1CCN(S(=O)(=O)Cc2ccc(F)cc2)C1CO. The average Bonchev–Trinajstić information content (AvgIpc) is 2.74. The first-order valence-corrected chi connectivity index (χ1v) is 7.90. The Hall–Kier alpha value is -0.980. The van der Waals surface area contributed by atoms with Crippen molar-refractivity contribution in [1.82, 2.24) is 4.31 Å². The molecule has 0 bridgehead atoms. The van der Waals surface area contributed by atoms with Gasteiger partial charge in [0.05, 0.1) is 18.4 Å². The molecule has 0 aromatic heterocycles. The number of rotatable bonds is 4. The number of benzene rings is 1. The minimum Gasteiger partial charge on any atom is -0.395 e. The quantitative estimate of drug-likeness (QED) is 0.909. The first-order valence-electron chi connectivity index (χ1n) is 6.29.